The third-order valence-electron chi connectivity index (χ3n) is 4.13. The Hall–Kier alpha value is -1.55. The standard InChI is InChI=1S/C16H21N3S/c1-11-7-9-13(10-8-11)18-16-14(15(17)19-20-16)12-5-3-2-4-6-12/h2-6,11,13,18H,7-10H2,1H3,(H2,17,19). The second-order valence-corrected chi connectivity index (χ2v) is 6.51. The Morgan fingerprint density at radius 1 is 1.15 bits per heavy atom. The number of aromatic nitrogens is 1. The Bertz CT molecular complexity index is 556. The Morgan fingerprint density at radius 3 is 2.55 bits per heavy atom. The molecule has 1 aliphatic rings. The summed E-state index contributed by atoms with van der Waals surface area (Å²) in [5.41, 5.74) is 8.27. The van der Waals surface area contributed by atoms with Gasteiger partial charge in [-0.05, 0) is 48.7 Å². The molecule has 0 atom stereocenters. The number of hydrogen-bond donors (Lipinski definition) is 2. The Balaban J connectivity index is 1.81. The number of nitrogen functional groups attached to an aromatic ring is 1. The Kier molecular flexibility index (Phi) is 3.92. The van der Waals surface area contributed by atoms with Gasteiger partial charge in [-0.25, -0.2) is 0 Å². The van der Waals surface area contributed by atoms with E-state index in [1.165, 1.54) is 37.2 Å². The SMILES string of the molecule is CC1CCC(Nc2snc(N)c2-c2ccccc2)CC1. The molecule has 0 radical (unpaired) electrons. The molecule has 0 bridgehead atoms. The van der Waals surface area contributed by atoms with Crippen LogP contribution in [0, 0.1) is 5.92 Å². The minimum absolute atomic E-state index is 0.563. The fourth-order valence-electron chi connectivity index (χ4n) is 2.87. The van der Waals surface area contributed by atoms with Crippen molar-refractivity contribution in [1.29, 1.82) is 0 Å². The molecule has 2 aromatic rings. The van der Waals surface area contributed by atoms with Gasteiger partial charge in [0.1, 0.15) is 10.8 Å². The molecule has 1 aliphatic carbocycles. The summed E-state index contributed by atoms with van der Waals surface area (Å²) < 4.78 is 4.33. The van der Waals surface area contributed by atoms with Gasteiger partial charge in [0.25, 0.3) is 0 Å². The highest BCUT2D eigenvalue weighted by Gasteiger charge is 2.21. The minimum Gasteiger partial charge on any atom is -0.382 e. The lowest BCUT2D eigenvalue weighted by Crippen LogP contribution is -2.24. The first kappa shape index (κ1) is 13.4. The van der Waals surface area contributed by atoms with E-state index < -0.39 is 0 Å². The average molecular weight is 287 g/mol. The summed E-state index contributed by atoms with van der Waals surface area (Å²) in [4.78, 5) is 0. The third-order valence-corrected chi connectivity index (χ3v) is 4.92. The number of benzene rings is 1. The molecule has 1 fully saturated rings. The van der Waals surface area contributed by atoms with Crippen LogP contribution in [0.1, 0.15) is 32.6 Å². The Labute approximate surface area is 124 Å². The molecule has 0 saturated heterocycles. The second-order valence-electron chi connectivity index (χ2n) is 5.74. The van der Waals surface area contributed by atoms with Gasteiger partial charge in [-0.1, -0.05) is 37.3 Å². The van der Waals surface area contributed by atoms with E-state index in [4.69, 9.17) is 5.73 Å². The summed E-state index contributed by atoms with van der Waals surface area (Å²) in [5, 5.41) is 4.78. The highest BCUT2D eigenvalue weighted by molar-refractivity contribution is 7.11. The van der Waals surface area contributed by atoms with Crippen LogP contribution in [0.4, 0.5) is 10.8 Å². The predicted octanol–water partition coefficient (Wildman–Crippen LogP) is 4.38. The van der Waals surface area contributed by atoms with Crippen LogP contribution >= 0.6 is 11.5 Å². The summed E-state index contributed by atoms with van der Waals surface area (Å²) in [7, 11) is 0. The smallest absolute Gasteiger partial charge is 0.147 e. The first-order chi connectivity index (χ1) is 9.74. The molecule has 0 amide bonds. The maximum absolute atomic E-state index is 6.06. The van der Waals surface area contributed by atoms with Crippen LogP contribution in [0.3, 0.4) is 0 Å². The van der Waals surface area contributed by atoms with Crippen molar-refractivity contribution in [2.24, 2.45) is 5.92 Å². The van der Waals surface area contributed by atoms with Gasteiger partial charge in [0.05, 0.1) is 5.56 Å². The summed E-state index contributed by atoms with van der Waals surface area (Å²) in [6, 6.07) is 10.8. The first-order valence-corrected chi connectivity index (χ1v) is 8.08. The molecular formula is C16H21N3S. The quantitative estimate of drug-likeness (QED) is 0.880. The monoisotopic (exact) mass is 287 g/mol. The number of nitrogens with zero attached hydrogens (tertiary/aromatic N) is 1. The molecule has 3 N–H and O–H groups in total. The Morgan fingerprint density at radius 2 is 1.85 bits per heavy atom. The molecule has 3 rings (SSSR count). The third kappa shape index (κ3) is 2.80. The second kappa shape index (κ2) is 5.83. The van der Waals surface area contributed by atoms with Crippen LogP contribution in [0.2, 0.25) is 0 Å². The number of rotatable bonds is 3. The van der Waals surface area contributed by atoms with Crippen molar-refractivity contribution in [3.05, 3.63) is 30.3 Å². The molecule has 20 heavy (non-hydrogen) atoms. The molecule has 106 valence electrons. The van der Waals surface area contributed by atoms with Gasteiger partial charge in [-0.2, -0.15) is 4.37 Å². The molecule has 1 aromatic carbocycles. The van der Waals surface area contributed by atoms with E-state index in [9.17, 15) is 0 Å². The van der Waals surface area contributed by atoms with Gasteiger partial charge >= 0.3 is 0 Å². The van der Waals surface area contributed by atoms with Gasteiger partial charge < -0.3 is 11.1 Å². The molecule has 0 aliphatic heterocycles. The maximum Gasteiger partial charge on any atom is 0.147 e. The number of anilines is 2. The highest BCUT2D eigenvalue weighted by atomic mass is 32.1. The molecule has 1 heterocycles. The molecule has 0 unspecified atom stereocenters. The number of hydrogen-bond acceptors (Lipinski definition) is 4. The van der Waals surface area contributed by atoms with Crippen LogP contribution in [0.15, 0.2) is 30.3 Å². The van der Waals surface area contributed by atoms with Crippen molar-refractivity contribution in [3.8, 4) is 11.1 Å². The highest BCUT2D eigenvalue weighted by Crippen LogP contribution is 2.38. The van der Waals surface area contributed by atoms with Gasteiger partial charge in [0.15, 0.2) is 0 Å². The van der Waals surface area contributed by atoms with Crippen molar-refractivity contribution in [3.63, 3.8) is 0 Å². The van der Waals surface area contributed by atoms with E-state index in [0.29, 0.717) is 11.9 Å². The van der Waals surface area contributed by atoms with Crippen molar-refractivity contribution < 1.29 is 0 Å². The van der Waals surface area contributed by atoms with E-state index >= 15 is 0 Å². The average Bonchev–Trinajstić information content (AvgIpc) is 2.83. The topological polar surface area (TPSA) is 50.9 Å². The van der Waals surface area contributed by atoms with Crippen LogP contribution in [0.5, 0.6) is 0 Å². The predicted molar refractivity (Wildman–Crippen MR) is 87.0 cm³/mol. The lowest BCUT2D eigenvalue weighted by Gasteiger charge is -2.27. The minimum atomic E-state index is 0.563. The largest absolute Gasteiger partial charge is 0.382 e. The number of nitrogens with one attached hydrogen (secondary N) is 1. The zero-order valence-corrected chi connectivity index (χ0v) is 12.6. The summed E-state index contributed by atoms with van der Waals surface area (Å²) in [6.07, 6.45) is 5.11. The first-order valence-electron chi connectivity index (χ1n) is 7.31. The zero-order chi connectivity index (χ0) is 13.9. The van der Waals surface area contributed by atoms with E-state index in [1.54, 1.807) is 0 Å². The van der Waals surface area contributed by atoms with Crippen LogP contribution in [-0.4, -0.2) is 10.4 Å². The van der Waals surface area contributed by atoms with Crippen LogP contribution in [-0.2, 0) is 0 Å². The molecule has 1 saturated carbocycles. The summed E-state index contributed by atoms with van der Waals surface area (Å²) in [5.74, 6) is 1.50. The lowest BCUT2D eigenvalue weighted by atomic mass is 9.87. The van der Waals surface area contributed by atoms with E-state index in [-0.39, 0.29) is 0 Å². The molecular weight excluding hydrogens is 266 g/mol. The molecule has 4 heteroatoms. The fourth-order valence-corrected chi connectivity index (χ4v) is 3.69. The van der Waals surface area contributed by atoms with E-state index in [1.807, 2.05) is 18.2 Å². The van der Waals surface area contributed by atoms with Crippen molar-refractivity contribution in [2.75, 3.05) is 11.1 Å². The van der Waals surface area contributed by atoms with Crippen LogP contribution in [0.25, 0.3) is 11.1 Å². The van der Waals surface area contributed by atoms with Crippen molar-refractivity contribution in [1.82, 2.24) is 4.37 Å². The van der Waals surface area contributed by atoms with Gasteiger partial charge in [-0.3, -0.25) is 0 Å². The van der Waals surface area contributed by atoms with Gasteiger partial charge in [0.2, 0.25) is 0 Å². The van der Waals surface area contributed by atoms with Gasteiger partial charge in [-0.15, -0.1) is 0 Å². The molecule has 3 nitrogen and oxygen atoms in total. The fraction of sp³-hybridized carbons (Fsp3) is 0.438. The van der Waals surface area contributed by atoms with Crippen molar-refractivity contribution in [2.45, 2.75) is 38.6 Å². The normalized spacial score (nSPS) is 22.6. The number of nitrogens with two attached hydrogens (primary N) is 1. The van der Waals surface area contributed by atoms with Crippen LogP contribution < -0.4 is 11.1 Å². The summed E-state index contributed by atoms with van der Waals surface area (Å²) in [6.45, 7) is 2.34. The molecule has 1 aromatic heterocycles. The van der Waals surface area contributed by atoms with Crippen molar-refractivity contribution >= 4 is 22.4 Å². The van der Waals surface area contributed by atoms with Gasteiger partial charge in [0, 0.05) is 6.04 Å². The van der Waals surface area contributed by atoms with E-state index in [2.05, 4.69) is 28.7 Å². The summed E-state index contributed by atoms with van der Waals surface area (Å²) >= 11 is 1.48. The molecule has 0 spiro atoms. The lowest BCUT2D eigenvalue weighted by molar-refractivity contribution is 0.361. The van der Waals surface area contributed by atoms with E-state index in [0.717, 1.165) is 22.0 Å². The zero-order valence-electron chi connectivity index (χ0n) is 11.8. The maximum atomic E-state index is 6.06.